The van der Waals surface area contributed by atoms with Crippen molar-refractivity contribution in [1.82, 2.24) is 0 Å². The van der Waals surface area contributed by atoms with Crippen molar-refractivity contribution in [3.8, 4) is 0 Å². The molecule has 0 spiro atoms. The molecule has 0 aromatic carbocycles. The van der Waals surface area contributed by atoms with Gasteiger partial charge in [0.25, 0.3) is 0 Å². The Morgan fingerprint density at radius 2 is 0.539 bits per heavy atom. The van der Waals surface area contributed by atoms with Crippen LogP contribution >= 0.6 is 0 Å². The maximum Gasteiger partial charge on any atom is 0.306 e. The van der Waals surface area contributed by atoms with Crippen molar-refractivity contribution in [2.45, 2.75) is 303 Å². The molecule has 0 heterocycles. The summed E-state index contributed by atoms with van der Waals surface area (Å²) in [5, 5.41) is 0. The number of carbonyl (C=O) groups excluding carboxylic acids is 3. The van der Waals surface area contributed by atoms with Crippen LogP contribution in [0.2, 0.25) is 0 Å². The molecule has 0 saturated carbocycles. The van der Waals surface area contributed by atoms with Crippen LogP contribution < -0.4 is 0 Å². The van der Waals surface area contributed by atoms with Crippen LogP contribution in [0.1, 0.15) is 297 Å². The highest BCUT2D eigenvalue weighted by Crippen LogP contribution is 2.15. The zero-order valence-electron chi connectivity index (χ0n) is 49.7. The molecule has 0 rings (SSSR count). The zero-order chi connectivity index (χ0) is 55.0. The topological polar surface area (TPSA) is 78.9 Å². The van der Waals surface area contributed by atoms with Gasteiger partial charge < -0.3 is 14.2 Å². The molecule has 434 valence electrons. The third kappa shape index (κ3) is 60.9. The van der Waals surface area contributed by atoms with Crippen LogP contribution in [0.4, 0.5) is 0 Å². The Hall–Kier alpha value is -3.93. The lowest BCUT2D eigenvalue weighted by atomic mass is 10.1. The number of unbranched alkanes of at least 4 members (excludes halogenated alkanes) is 28. The number of carbonyl (C=O) groups is 3. The number of esters is 3. The molecule has 1 unspecified atom stereocenters. The van der Waals surface area contributed by atoms with Gasteiger partial charge in [0.15, 0.2) is 6.10 Å². The molecule has 0 aliphatic rings. The molecule has 1 atom stereocenters. The molecule has 0 aliphatic carbocycles. The van der Waals surface area contributed by atoms with E-state index >= 15 is 0 Å². The van der Waals surface area contributed by atoms with Crippen LogP contribution in [0.3, 0.4) is 0 Å². The lowest BCUT2D eigenvalue weighted by molar-refractivity contribution is -0.167. The van der Waals surface area contributed by atoms with Crippen molar-refractivity contribution in [2.75, 3.05) is 13.2 Å². The van der Waals surface area contributed by atoms with E-state index in [1.165, 1.54) is 128 Å². The first-order valence-electron chi connectivity index (χ1n) is 31.9. The van der Waals surface area contributed by atoms with Gasteiger partial charge in [-0.05, 0) is 122 Å². The molecule has 0 bridgehead atoms. The van der Waals surface area contributed by atoms with Crippen molar-refractivity contribution in [3.63, 3.8) is 0 Å². The van der Waals surface area contributed by atoms with Crippen LogP contribution in [0.5, 0.6) is 0 Å². The predicted molar refractivity (Wildman–Crippen MR) is 330 cm³/mol. The maximum absolute atomic E-state index is 12.9. The van der Waals surface area contributed by atoms with Gasteiger partial charge in [-0.25, -0.2) is 0 Å². The molecule has 0 aromatic rings. The third-order valence-electron chi connectivity index (χ3n) is 13.5. The summed E-state index contributed by atoms with van der Waals surface area (Å²) in [7, 11) is 0. The highest BCUT2D eigenvalue weighted by atomic mass is 16.6. The molecule has 0 amide bonds. The van der Waals surface area contributed by atoms with E-state index in [0.29, 0.717) is 19.3 Å². The second kappa shape index (κ2) is 63.6. The van der Waals surface area contributed by atoms with Crippen molar-refractivity contribution in [2.24, 2.45) is 0 Å². The minimum atomic E-state index is -0.792. The summed E-state index contributed by atoms with van der Waals surface area (Å²) >= 11 is 0. The molecule has 0 N–H and O–H groups in total. The lowest BCUT2D eigenvalue weighted by Gasteiger charge is -2.18. The fraction of sp³-hybridized carbons (Fsp3) is 0.700. The summed E-state index contributed by atoms with van der Waals surface area (Å²) < 4.78 is 16.9. The van der Waals surface area contributed by atoms with Gasteiger partial charge in [-0.1, -0.05) is 265 Å². The second-order valence-electron chi connectivity index (χ2n) is 20.9. The monoisotopic (exact) mass is 1050 g/mol. The number of hydrogen-bond acceptors (Lipinski definition) is 6. The smallest absolute Gasteiger partial charge is 0.306 e. The molecule has 76 heavy (non-hydrogen) atoms. The summed E-state index contributed by atoms with van der Waals surface area (Å²) in [5.41, 5.74) is 0. The predicted octanol–water partition coefficient (Wildman–Crippen LogP) is 21.8. The molecule has 0 aromatic heterocycles. The SMILES string of the molecule is CC/C=C\C/C=C\C/C=C\C/C=C\C/C=C\CCCCCCCCCC(=O)OC(COC(=O)CCCCCCC/C=C\CCC)COC(=O)CCCCCCCCCCCC/C=C\C/C=C\C/C=C\CCCCCCC. The van der Waals surface area contributed by atoms with E-state index in [0.717, 1.165) is 128 Å². The summed E-state index contributed by atoms with van der Waals surface area (Å²) in [6.45, 7) is 6.45. The van der Waals surface area contributed by atoms with Crippen molar-refractivity contribution >= 4 is 17.9 Å². The Morgan fingerprint density at radius 3 is 0.868 bits per heavy atom. The quantitative estimate of drug-likeness (QED) is 0.0261. The number of hydrogen-bond donors (Lipinski definition) is 0. The van der Waals surface area contributed by atoms with Gasteiger partial charge in [0.05, 0.1) is 0 Å². The molecule has 0 radical (unpaired) electrons. The standard InChI is InChI=1S/C70H118O6/c1-4-7-10-13-16-19-22-24-26-28-30-32-34-35-37-38-40-42-44-46-48-51-54-57-60-63-69(72)75-66-67(65-74-68(71)62-59-56-53-50-21-18-15-12-9-6-3)76-70(73)64-61-58-55-52-49-47-45-43-41-39-36-33-31-29-27-25-23-20-17-14-11-8-5-2/h8,11-12,15,17,20,22,24-25,27-28,30-31,33-35,39,41,67H,4-7,9-10,13-14,16,18-19,21,23,26,29,32,36-38,40,42-66H2,1-3H3/b11-8-,15-12-,20-17-,24-22-,27-25-,30-28-,33-31-,35-34-,41-39-. The number of allylic oxidation sites excluding steroid dienone is 18. The van der Waals surface area contributed by atoms with Gasteiger partial charge >= 0.3 is 17.9 Å². The molecule has 0 aliphatic heterocycles. The van der Waals surface area contributed by atoms with E-state index in [9.17, 15) is 14.4 Å². The summed E-state index contributed by atoms with van der Waals surface area (Å²) in [5.74, 6) is -0.909. The van der Waals surface area contributed by atoms with Crippen molar-refractivity contribution in [1.29, 1.82) is 0 Å². The van der Waals surface area contributed by atoms with Crippen LogP contribution in [-0.2, 0) is 28.6 Å². The minimum absolute atomic E-state index is 0.0880. The first kappa shape index (κ1) is 72.1. The van der Waals surface area contributed by atoms with Gasteiger partial charge in [-0.2, -0.15) is 0 Å². The van der Waals surface area contributed by atoms with Crippen LogP contribution in [0, 0.1) is 0 Å². The summed E-state index contributed by atoms with van der Waals surface area (Å²) in [6, 6.07) is 0. The van der Waals surface area contributed by atoms with Crippen LogP contribution in [0.25, 0.3) is 0 Å². The van der Waals surface area contributed by atoms with E-state index in [1.807, 2.05) is 0 Å². The van der Waals surface area contributed by atoms with E-state index < -0.39 is 6.10 Å². The Balaban J connectivity index is 4.30. The molecule has 0 saturated heterocycles. The second-order valence-corrected chi connectivity index (χ2v) is 20.9. The van der Waals surface area contributed by atoms with Gasteiger partial charge in [-0.15, -0.1) is 0 Å². The van der Waals surface area contributed by atoms with Crippen molar-refractivity contribution < 1.29 is 28.6 Å². The number of ether oxygens (including phenoxy) is 3. The third-order valence-corrected chi connectivity index (χ3v) is 13.5. The van der Waals surface area contributed by atoms with Gasteiger partial charge in [-0.3, -0.25) is 14.4 Å². The zero-order valence-corrected chi connectivity index (χ0v) is 49.7. The largest absolute Gasteiger partial charge is 0.462 e. The van der Waals surface area contributed by atoms with E-state index in [2.05, 4.69) is 130 Å². The summed E-state index contributed by atoms with van der Waals surface area (Å²) in [4.78, 5) is 38.2. The van der Waals surface area contributed by atoms with Crippen LogP contribution in [0.15, 0.2) is 109 Å². The Labute approximate surface area is 470 Å². The Bertz CT molecular complexity index is 1540. The average Bonchev–Trinajstić information content (AvgIpc) is 3.42. The Kier molecular flexibility index (Phi) is 60.3. The Morgan fingerprint density at radius 1 is 0.276 bits per heavy atom. The summed E-state index contributed by atoms with van der Waals surface area (Å²) in [6.07, 6.45) is 86.7. The first-order valence-corrected chi connectivity index (χ1v) is 31.9. The van der Waals surface area contributed by atoms with E-state index in [1.54, 1.807) is 0 Å². The first-order chi connectivity index (χ1) is 37.5. The lowest BCUT2D eigenvalue weighted by Crippen LogP contribution is -2.30. The van der Waals surface area contributed by atoms with E-state index in [4.69, 9.17) is 14.2 Å². The molecule has 6 heteroatoms. The maximum atomic E-state index is 12.9. The number of rotatable bonds is 57. The highest BCUT2D eigenvalue weighted by Gasteiger charge is 2.19. The normalized spacial score (nSPS) is 12.8. The molecular formula is C70H118O6. The fourth-order valence-corrected chi connectivity index (χ4v) is 8.71. The minimum Gasteiger partial charge on any atom is -0.462 e. The highest BCUT2D eigenvalue weighted by molar-refractivity contribution is 5.71. The van der Waals surface area contributed by atoms with Gasteiger partial charge in [0.2, 0.25) is 0 Å². The van der Waals surface area contributed by atoms with Crippen molar-refractivity contribution in [3.05, 3.63) is 109 Å². The van der Waals surface area contributed by atoms with Gasteiger partial charge in [0, 0.05) is 19.3 Å². The van der Waals surface area contributed by atoms with E-state index in [-0.39, 0.29) is 31.1 Å². The van der Waals surface area contributed by atoms with Crippen LogP contribution in [-0.4, -0.2) is 37.2 Å². The molecular weight excluding hydrogens is 937 g/mol. The average molecular weight is 1060 g/mol. The molecule has 0 fully saturated rings. The molecule has 6 nitrogen and oxygen atoms in total. The fourth-order valence-electron chi connectivity index (χ4n) is 8.71. The van der Waals surface area contributed by atoms with Gasteiger partial charge in [0.1, 0.15) is 13.2 Å².